The maximum Gasteiger partial charge on any atom is 0.242 e. The molecule has 0 bridgehead atoms. The molecule has 88 valence electrons. The van der Waals surface area contributed by atoms with Crippen molar-refractivity contribution in [2.45, 2.75) is 26.1 Å². The van der Waals surface area contributed by atoms with Crippen molar-refractivity contribution >= 4 is 36.7 Å². The summed E-state index contributed by atoms with van der Waals surface area (Å²) in [6.45, 7) is 6.65. The van der Waals surface area contributed by atoms with E-state index in [1.807, 2.05) is 6.07 Å². The van der Waals surface area contributed by atoms with Crippen molar-refractivity contribution in [2.24, 2.45) is 0 Å². The van der Waals surface area contributed by atoms with Crippen LogP contribution < -0.4 is 0 Å². The van der Waals surface area contributed by atoms with Gasteiger partial charge in [0.05, 0.1) is 0 Å². The molecule has 1 nitrogen and oxygen atoms in total. The molecule has 0 aliphatic carbocycles. The van der Waals surface area contributed by atoms with E-state index in [0.717, 1.165) is 16.6 Å². The molecule has 16 heavy (non-hydrogen) atoms. The summed E-state index contributed by atoms with van der Waals surface area (Å²) < 4.78 is 7.25. The zero-order valence-electron chi connectivity index (χ0n) is 10.2. The SMILES string of the molecule is C[Si](C)(C)O/C(=C/CCI)c1ccccc1. The number of hydrogen-bond acceptors (Lipinski definition) is 1. The third-order valence-electron chi connectivity index (χ3n) is 1.91. The molecule has 0 N–H and O–H groups in total. The summed E-state index contributed by atoms with van der Waals surface area (Å²) in [6.07, 6.45) is 3.27. The maximum absolute atomic E-state index is 6.12. The number of allylic oxidation sites excluding steroid dienone is 1. The summed E-state index contributed by atoms with van der Waals surface area (Å²) in [5, 5.41) is 0. The molecule has 0 spiro atoms. The summed E-state index contributed by atoms with van der Waals surface area (Å²) >= 11 is 2.39. The first kappa shape index (κ1) is 13.8. The predicted molar refractivity (Wildman–Crippen MR) is 82.4 cm³/mol. The molecule has 0 atom stereocenters. The van der Waals surface area contributed by atoms with E-state index in [2.05, 4.69) is 72.6 Å². The summed E-state index contributed by atoms with van der Waals surface area (Å²) in [6, 6.07) is 10.4. The summed E-state index contributed by atoms with van der Waals surface area (Å²) in [4.78, 5) is 0. The molecule has 0 aromatic heterocycles. The van der Waals surface area contributed by atoms with Crippen LogP contribution in [0.5, 0.6) is 0 Å². The van der Waals surface area contributed by atoms with Crippen molar-refractivity contribution in [3.05, 3.63) is 42.0 Å². The van der Waals surface area contributed by atoms with Crippen LogP contribution >= 0.6 is 22.6 Å². The van der Waals surface area contributed by atoms with Gasteiger partial charge >= 0.3 is 0 Å². The van der Waals surface area contributed by atoms with Gasteiger partial charge in [0.25, 0.3) is 0 Å². The van der Waals surface area contributed by atoms with E-state index in [-0.39, 0.29) is 0 Å². The maximum atomic E-state index is 6.12. The lowest BCUT2D eigenvalue weighted by molar-refractivity contribution is 0.512. The topological polar surface area (TPSA) is 9.23 Å². The Balaban J connectivity index is 2.89. The lowest BCUT2D eigenvalue weighted by Gasteiger charge is -2.22. The van der Waals surface area contributed by atoms with E-state index in [4.69, 9.17) is 4.43 Å². The van der Waals surface area contributed by atoms with Gasteiger partial charge in [0, 0.05) is 9.99 Å². The first-order valence-electron chi connectivity index (χ1n) is 5.53. The van der Waals surface area contributed by atoms with Crippen LogP contribution in [-0.4, -0.2) is 12.7 Å². The van der Waals surface area contributed by atoms with Crippen molar-refractivity contribution in [3.8, 4) is 0 Å². The van der Waals surface area contributed by atoms with Crippen LogP contribution in [0.4, 0.5) is 0 Å². The third-order valence-corrected chi connectivity index (χ3v) is 3.37. The van der Waals surface area contributed by atoms with Crippen LogP contribution in [0, 0.1) is 0 Å². The zero-order chi connectivity index (χ0) is 12.0. The molecular weight excluding hydrogens is 327 g/mol. The first-order chi connectivity index (χ1) is 7.53. The van der Waals surface area contributed by atoms with Crippen molar-refractivity contribution in [2.75, 3.05) is 4.43 Å². The lowest BCUT2D eigenvalue weighted by atomic mass is 10.2. The molecule has 0 fully saturated rings. The minimum Gasteiger partial charge on any atom is -0.544 e. The minimum absolute atomic E-state index is 1.05. The number of halogens is 1. The second-order valence-corrected chi connectivity index (χ2v) is 10.1. The fourth-order valence-electron chi connectivity index (χ4n) is 1.34. The first-order valence-corrected chi connectivity index (χ1v) is 10.5. The Kier molecular flexibility index (Phi) is 5.55. The monoisotopic (exact) mass is 346 g/mol. The second kappa shape index (κ2) is 6.44. The van der Waals surface area contributed by atoms with Gasteiger partial charge in [0.1, 0.15) is 5.76 Å². The Morgan fingerprint density at radius 2 is 1.88 bits per heavy atom. The fourth-order valence-corrected chi connectivity index (χ4v) is 2.51. The van der Waals surface area contributed by atoms with Gasteiger partial charge in [-0.1, -0.05) is 52.9 Å². The fraction of sp³-hybridized carbons (Fsp3) is 0.385. The smallest absolute Gasteiger partial charge is 0.242 e. The number of hydrogen-bond donors (Lipinski definition) is 0. The molecule has 1 rings (SSSR count). The highest BCUT2D eigenvalue weighted by molar-refractivity contribution is 14.1. The highest BCUT2D eigenvalue weighted by Crippen LogP contribution is 2.21. The summed E-state index contributed by atoms with van der Waals surface area (Å²) in [7, 11) is -1.52. The zero-order valence-corrected chi connectivity index (χ0v) is 13.3. The van der Waals surface area contributed by atoms with Gasteiger partial charge < -0.3 is 4.43 Å². The van der Waals surface area contributed by atoms with Crippen molar-refractivity contribution in [1.29, 1.82) is 0 Å². The van der Waals surface area contributed by atoms with Gasteiger partial charge in [0.15, 0.2) is 0 Å². The van der Waals surface area contributed by atoms with Gasteiger partial charge in [-0.2, -0.15) is 0 Å². The van der Waals surface area contributed by atoms with Crippen LogP contribution in [0.3, 0.4) is 0 Å². The molecule has 1 aromatic carbocycles. The molecule has 0 saturated carbocycles. The normalized spacial score (nSPS) is 12.6. The molecule has 3 heteroatoms. The Morgan fingerprint density at radius 1 is 1.25 bits per heavy atom. The molecule has 0 amide bonds. The minimum atomic E-state index is -1.52. The quantitative estimate of drug-likeness (QED) is 0.325. The highest BCUT2D eigenvalue weighted by atomic mass is 127. The van der Waals surface area contributed by atoms with E-state index in [1.165, 1.54) is 5.56 Å². The van der Waals surface area contributed by atoms with Gasteiger partial charge in [-0.15, -0.1) is 0 Å². The lowest BCUT2D eigenvalue weighted by Crippen LogP contribution is -2.24. The highest BCUT2D eigenvalue weighted by Gasteiger charge is 2.18. The van der Waals surface area contributed by atoms with Crippen LogP contribution in [0.2, 0.25) is 19.6 Å². The van der Waals surface area contributed by atoms with Crippen molar-refractivity contribution < 1.29 is 4.43 Å². The molecule has 0 radical (unpaired) electrons. The Bertz CT molecular complexity index is 341. The van der Waals surface area contributed by atoms with Gasteiger partial charge in [-0.25, -0.2) is 0 Å². The molecule has 0 aliphatic heterocycles. The van der Waals surface area contributed by atoms with E-state index in [0.29, 0.717) is 0 Å². The summed E-state index contributed by atoms with van der Waals surface area (Å²) in [5.74, 6) is 1.05. The summed E-state index contributed by atoms with van der Waals surface area (Å²) in [5.41, 5.74) is 1.19. The molecule has 0 heterocycles. The van der Waals surface area contributed by atoms with E-state index < -0.39 is 8.32 Å². The largest absolute Gasteiger partial charge is 0.544 e. The molecule has 0 saturated heterocycles. The van der Waals surface area contributed by atoms with E-state index >= 15 is 0 Å². The number of rotatable bonds is 5. The number of benzene rings is 1. The second-order valence-electron chi connectivity index (χ2n) is 4.63. The van der Waals surface area contributed by atoms with Gasteiger partial charge in [0.2, 0.25) is 8.32 Å². The molecule has 0 aliphatic rings. The van der Waals surface area contributed by atoms with Crippen molar-refractivity contribution in [3.63, 3.8) is 0 Å². The van der Waals surface area contributed by atoms with Crippen LogP contribution in [0.25, 0.3) is 5.76 Å². The Labute approximate surface area is 113 Å². The van der Waals surface area contributed by atoms with Crippen molar-refractivity contribution in [1.82, 2.24) is 0 Å². The Morgan fingerprint density at radius 3 is 2.38 bits per heavy atom. The average molecular weight is 346 g/mol. The van der Waals surface area contributed by atoms with Crippen LogP contribution in [0.15, 0.2) is 36.4 Å². The van der Waals surface area contributed by atoms with E-state index in [1.54, 1.807) is 0 Å². The average Bonchev–Trinajstić information content (AvgIpc) is 2.24. The van der Waals surface area contributed by atoms with E-state index in [9.17, 15) is 0 Å². The van der Waals surface area contributed by atoms with Crippen LogP contribution in [0.1, 0.15) is 12.0 Å². The van der Waals surface area contributed by atoms with Gasteiger partial charge in [-0.05, 0) is 32.1 Å². The molecule has 1 aromatic rings. The molecular formula is C13H19IOSi. The Hall–Kier alpha value is -0.293. The number of alkyl halides is 1. The third kappa shape index (κ3) is 5.16. The van der Waals surface area contributed by atoms with Crippen LogP contribution in [-0.2, 0) is 4.43 Å². The standard InChI is InChI=1S/C13H19IOSi/c1-16(2,3)15-13(10-7-11-14)12-8-5-4-6-9-12/h4-6,8-10H,7,11H2,1-3H3/b13-10+. The molecule has 0 unspecified atom stereocenters. The predicted octanol–water partition coefficient (Wildman–Crippen LogP) is 4.70. The van der Waals surface area contributed by atoms with Gasteiger partial charge in [-0.3, -0.25) is 0 Å².